The summed E-state index contributed by atoms with van der Waals surface area (Å²) >= 11 is 0. The first-order valence-electron chi connectivity index (χ1n) is 6.84. The van der Waals surface area contributed by atoms with Crippen molar-refractivity contribution in [2.75, 3.05) is 15.2 Å². The summed E-state index contributed by atoms with van der Waals surface area (Å²) in [4.78, 5) is 0. The van der Waals surface area contributed by atoms with Crippen LogP contribution in [0.3, 0.4) is 0 Å². The van der Waals surface area contributed by atoms with Gasteiger partial charge in [0.1, 0.15) is 5.82 Å². The Hall–Kier alpha value is -2.34. The first kappa shape index (κ1) is 14.6. The van der Waals surface area contributed by atoms with Crippen molar-refractivity contribution in [3.63, 3.8) is 0 Å². The van der Waals surface area contributed by atoms with Gasteiger partial charge in [-0.1, -0.05) is 18.2 Å². The van der Waals surface area contributed by atoms with Gasteiger partial charge in [-0.2, -0.15) is 8.42 Å². The van der Waals surface area contributed by atoms with Gasteiger partial charge in [-0.15, -0.1) is 6.58 Å². The topological polar surface area (TPSA) is 40.6 Å². The zero-order valence-corrected chi connectivity index (χ0v) is 12.6. The fourth-order valence-corrected chi connectivity index (χ4v) is 4.21. The third kappa shape index (κ3) is 2.25. The van der Waals surface area contributed by atoms with Crippen molar-refractivity contribution in [3.05, 3.63) is 67.0 Å². The van der Waals surface area contributed by atoms with Crippen molar-refractivity contribution < 1.29 is 12.8 Å². The largest absolute Gasteiger partial charge is 0.330 e. The lowest BCUT2D eigenvalue weighted by Crippen LogP contribution is -2.35. The summed E-state index contributed by atoms with van der Waals surface area (Å²) in [5.41, 5.74) is 1.60. The second kappa shape index (κ2) is 5.46. The predicted octanol–water partition coefficient (Wildman–Crippen LogP) is 3.60. The monoisotopic (exact) mass is 318 g/mol. The van der Waals surface area contributed by atoms with E-state index in [0.717, 1.165) is 0 Å². The third-order valence-electron chi connectivity index (χ3n) is 3.48. The zero-order valence-electron chi connectivity index (χ0n) is 11.8. The van der Waals surface area contributed by atoms with Gasteiger partial charge in [0.05, 0.1) is 17.1 Å². The highest BCUT2D eigenvalue weighted by Gasteiger charge is 2.40. The summed E-state index contributed by atoms with van der Waals surface area (Å²) in [6.45, 7) is 3.96. The van der Waals surface area contributed by atoms with Crippen molar-refractivity contribution in [1.29, 1.82) is 0 Å². The maximum atomic E-state index is 13.1. The SMILES string of the molecule is C=CCCN1c2ccccc2N(c2ccc(F)cc2)S1(=O)=O. The molecule has 0 saturated carbocycles. The molecule has 0 radical (unpaired) electrons. The molecule has 0 fully saturated rings. The van der Waals surface area contributed by atoms with Crippen LogP contribution in [0.15, 0.2) is 61.2 Å². The first-order chi connectivity index (χ1) is 10.6. The summed E-state index contributed by atoms with van der Waals surface area (Å²) < 4.78 is 41.4. The van der Waals surface area contributed by atoms with Crippen molar-refractivity contribution in [2.45, 2.75) is 6.42 Å². The van der Waals surface area contributed by atoms with Crippen LogP contribution in [0.4, 0.5) is 21.5 Å². The molecule has 0 atom stereocenters. The van der Waals surface area contributed by atoms with Crippen LogP contribution in [0, 0.1) is 5.82 Å². The Balaban J connectivity index is 2.14. The number of halogens is 1. The maximum Gasteiger partial charge on any atom is 0.330 e. The van der Waals surface area contributed by atoms with Gasteiger partial charge >= 0.3 is 10.2 Å². The molecule has 1 aliphatic rings. The molecule has 6 heteroatoms. The van der Waals surface area contributed by atoms with E-state index in [2.05, 4.69) is 6.58 Å². The Labute approximate surface area is 129 Å². The van der Waals surface area contributed by atoms with Crippen LogP contribution in [0.5, 0.6) is 0 Å². The molecule has 3 rings (SSSR count). The minimum Gasteiger partial charge on any atom is -0.251 e. The number of benzene rings is 2. The van der Waals surface area contributed by atoms with Gasteiger partial charge < -0.3 is 0 Å². The summed E-state index contributed by atoms with van der Waals surface area (Å²) in [7, 11) is -3.73. The quantitative estimate of drug-likeness (QED) is 0.808. The van der Waals surface area contributed by atoms with E-state index in [9.17, 15) is 12.8 Å². The standard InChI is InChI=1S/C16H15FN2O2S/c1-2-3-12-18-15-6-4-5-7-16(15)19(22(18,20)21)14-10-8-13(17)9-11-14/h2,4-11H,1,3,12H2. The smallest absolute Gasteiger partial charge is 0.251 e. The number of hydrogen-bond donors (Lipinski definition) is 0. The highest BCUT2D eigenvalue weighted by Crippen LogP contribution is 2.45. The van der Waals surface area contributed by atoms with Gasteiger partial charge in [0, 0.05) is 6.54 Å². The fraction of sp³-hybridized carbons (Fsp3) is 0.125. The fourth-order valence-electron chi connectivity index (χ4n) is 2.49. The van der Waals surface area contributed by atoms with Crippen LogP contribution >= 0.6 is 0 Å². The molecule has 4 nitrogen and oxygen atoms in total. The molecule has 1 aliphatic heterocycles. The van der Waals surface area contributed by atoms with E-state index < -0.39 is 16.0 Å². The molecule has 2 aromatic rings. The highest BCUT2D eigenvalue weighted by molar-refractivity contribution is 7.95. The average Bonchev–Trinajstić information content (AvgIpc) is 2.73. The van der Waals surface area contributed by atoms with Gasteiger partial charge in [0.2, 0.25) is 0 Å². The van der Waals surface area contributed by atoms with E-state index >= 15 is 0 Å². The molecular formula is C16H15FN2O2S. The highest BCUT2D eigenvalue weighted by atomic mass is 32.2. The maximum absolute atomic E-state index is 13.1. The summed E-state index contributed by atoms with van der Waals surface area (Å²) in [6.07, 6.45) is 2.23. The van der Waals surface area contributed by atoms with Crippen molar-refractivity contribution in [2.24, 2.45) is 0 Å². The Morgan fingerprint density at radius 1 is 1.05 bits per heavy atom. The molecule has 1 heterocycles. The Bertz CT molecular complexity index is 803. The first-order valence-corrected chi connectivity index (χ1v) is 8.24. The molecule has 0 unspecified atom stereocenters. The number of anilines is 3. The van der Waals surface area contributed by atoms with Gasteiger partial charge in [-0.3, -0.25) is 4.31 Å². The van der Waals surface area contributed by atoms with Gasteiger partial charge in [-0.05, 0) is 42.8 Å². The number of para-hydroxylation sites is 2. The average molecular weight is 318 g/mol. The zero-order chi connectivity index (χ0) is 15.7. The molecule has 22 heavy (non-hydrogen) atoms. The molecule has 0 amide bonds. The normalized spacial score (nSPS) is 15.7. The predicted molar refractivity (Wildman–Crippen MR) is 86.1 cm³/mol. The lowest BCUT2D eigenvalue weighted by molar-refractivity contribution is 0.593. The number of rotatable bonds is 4. The Morgan fingerprint density at radius 3 is 2.32 bits per heavy atom. The minimum absolute atomic E-state index is 0.320. The van der Waals surface area contributed by atoms with Crippen LogP contribution < -0.4 is 8.61 Å². The molecule has 2 aromatic carbocycles. The molecule has 0 saturated heterocycles. The minimum atomic E-state index is -3.73. The van der Waals surface area contributed by atoms with E-state index in [4.69, 9.17) is 0 Å². The lowest BCUT2D eigenvalue weighted by atomic mass is 10.2. The summed E-state index contributed by atoms with van der Waals surface area (Å²) in [6, 6.07) is 12.5. The van der Waals surface area contributed by atoms with E-state index in [-0.39, 0.29) is 0 Å². The Kier molecular flexibility index (Phi) is 3.62. The molecule has 0 aromatic heterocycles. The molecule has 0 aliphatic carbocycles. The van der Waals surface area contributed by atoms with Crippen LogP contribution in [0.1, 0.15) is 6.42 Å². The van der Waals surface area contributed by atoms with Crippen LogP contribution in [-0.2, 0) is 10.2 Å². The number of hydrogen-bond acceptors (Lipinski definition) is 2. The number of fused-ring (bicyclic) bond motifs is 1. The van der Waals surface area contributed by atoms with Gasteiger partial charge in [0.15, 0.2) is 0 Å². The molecule has 114 valence electrons. The second-order valence-corrected chi connectivity index (χ2v) is 6.59. The van der Waals surface area contributed by atoms with E-state index in [1.165, 1.54) is 32.9 Å². The molecule has 0 N–H and O–H groups in total. The Morgan fingerprint density at radius 2 is 1.68 bits per heavy atom. The van der Waals surface area contributed by atoms with Crippen LogP contribution in [0.2, 0.25) is 0 Å². The van der Waals surface area contributed by atoms with Crippen molar-refractivity contribution >= 4 is 27.3 Å². The van der Waals surface area contributed by atoms with Gasteiger partial charge in [-0.25, -0.2) is 8.70 Å². The van der Waals surface area contributed by atoms with Crippen molar-refractivity contribution in [1.82, 2.24) is 0 Å². The summed E-state index contributed by atoms with van der Waals surface area (Å²) in [5.74, 6) is -0.405. The van der Waals surface area contributed by atoms with Crippen molar-refractivity contribution in [3.8, 4) is 0 Å². The molecule has 0 spiro atoms. The van der Waals surface area contributed by atoms with E-state index in [1.807, 2.05) is 0 Å². The molecular weight excluding hydrogens is 303 g/mol. The van der Waals surface area contributed by atoms with E-state index in [0.29, 0.717) is 30.0 Å². The number of nitrogens with zero attached hydrogens (tertiary/aromatic N) is 2. The second-order valence-electron chi connectivity index (χ2n) is 4.89. The van der Waals surface area contributed by atoms with E-state index in [1.54, 1.807) is 30.3 Å². The van der Waals surface area contributed by atoms with Crippen LogP contribution in [-0.4, -0.2) is 15.0 Å². The van der Waals surface area contributed by atoms with Crippen LogP contribution in [0.25, 0.3) is 0 Å². The third-order valence-corrected chi connectivity index (χ3v) is 5.28. The van der Waals surface area contributed by atoms with Gasteiger partial charge in [0.25, 0.3) is 0 Å². The summed E-state index contributed by atoms with van der Waals surface area (Å²) in [5, 5.41) is 0. The lowest BCUT2D eigenvalue weighted by Gasteiger charge is -2.21. The molecule has 0 bridgehead atoms.